The summed E-state index contributed by atoms with van der Waals surface area (Å²) in [5, 5.41) is 8.51. The third-order valence-electron chi connectivity index (χ3n) is 5.94. The van der Waals surface area contributed by atoms with Gasteiger partial charge in [-0.3, -0.25) is 0 Å². The highest BCUT2D eigenvalue weighted by atomic mass is 32.2. The molecule has 0 heterocycles. The maximum Gasteiger partial charge on any atom is 0.333 e. The highest BCUT2D eigenvalue weighted by Crippen LogP contribution is 2.24. The molecule has 0 aliphatic heterocycles. The number of hydrogen-bond acceptors (Lipinski definition) is 7. The summed E-state index contributed by atoms with van der Waals surface area (Å²) in [6, 6.07) is 14.4. The first-order valence-electron chi connectivity index (χ1n) is 12.5. The van der Waals surface area contributed by atoms with Crippen molar-refractivity contribution in [1.82, 2.24) is 0 Å². The Morgan fingerprint density at radius 3 is 2.08 bits per heavy atom. The SMILES string of the molecule is C=C(C)C(=O)OCCCCCCN(C)c1ccc(/N=N/c2ccc(S(=O)(=O)CC(C)CC)cc2)cc1. The molecule has 0 amide bonds. The molecular formula is C28H39N3O4S. The fourth-order valence-electron chi connectivity index (χ4n) is 3.42. The van der Waals surface area contributed by atoms with Crippen LogP contribution in [0.4, 0.5) is 17.1 Å². The van der Waals surface area contributed by atoms with E-state index in [-0.39, 0.29) is 17.6 Å². The molecule has 8 heteroatoms. The Morgan fingerprint density at radius 2 is 1.53 bits per heavy atom. The van der Waals surface area contributed by atoms with Crippen LogP contribution in [0, 0.1) is 5.92 Å². The fraction of sp³-hybridized carbons (Fsp3) is 0.464. The van der Waals surface area contributed by atoms with E-state index >= 15 is 0 Å². The molecule has 0 aliphatic rings. The molecule has 1 unspecified atom stereocenters. The molecule has 0 fully saturated rings. The normalized spacial score (nSPS) is 12.4. The minimum absolute atomic E-state index is 0.126. The molecule has 0 radical (unpaired) electrons. The second-order valence-corrected chi connectivity index (χ2v) is 11.3. The summed E-state index contributed by atoms with van der Waals surface area (Å²) in [5.41, 5.74) is 2.86. The number of sulfone groups is 1. The number of carbonyl (C=O) groups is 1. The Labute approximate surface area is 216 Å². The lowest BCUT2D eigenvalue weighted by molar-refractivity contribution is -0.139. The van der Waals surface area contributed by atoms with E-state index in [4.69, 9.17) is 4.74 Å². The molecule has 2 aromatic rings. The van der Waals surface area contributed by atoms with E-state index in [1.54, 1.807) is 31.2 Å². The number of esters is 1. The van der Waals surface area contributed by atoms with Gasteiger partial charge in [-0.15, -0.1) is 0 Å². The number of unbranched alkanes of at least 4 members (excludes halogenated alkanes) is 3. The smallest absolute Gasteiger partial charge is 0.333 e. The van der Waals surface area contributed by atoms with Crippen LogP contribution in [0.15, 0.2) is 75.8 Å². The Balaban J connectivity index is 1.78. The lowest BCUT2D eigenvalue weighted by Gasteiger charge is -2.19. The first kappa shape index (κ1) is 29.2. The Bertz CT molecular complexity index is 1110. The van der Waals surface area contributed by atoms with Crippen molar-refractivity contribution in [3.8, 4) is 0 Å². The molecule has 0 saturated heterocycles. The Kier molecular flexibility index (Phi) is 11.8. The van der Waals surface area contributed by atoms with Gasteiger partial charge in [0.1, 0.15) is 0 Å². The van der Waals surface area contributed by atoms with Crippen molar-refractivity contribution < 1.29 is 17.9 Å². The standard InChI is InChI=1S/C28H39N3O4S/c1-6-23(4)21-36(33,34)27-17-13-25(14-18-27)30-29-24-11-15-26(16-12-24)31(5)19-9-7-8-10-20-35-28(32)22(2)3/h11-18,23H,2,6-10,19-21H2,1,3-5H3/b30-29+. The maximum absolute atomic E-state index is 12.5. The van der Waals surface area contributed by atoms with Crippen LogP contribution < -0.4 is 4.90 Å². The minimum Gasteiger partial charge on any atom is -0.462 e. The quantitative estimate of drug-likeness (QED) is 0.110. The van der Waals surface area contributed by atoms with Crippen molar-refractivity contribution in [2.75, 3.05) is 30.9 Å². The number of nitrogens with zero attached hydrogens (tertiary/aromatic N) is 3. The van der Waals surface area contributed by atoms with Crippen molar-refractivity contribution in [2.45, 2.75) is 57.8 Å². The second kappa shape index (κ2) is 14.5. The van der Waals surface area contributed by atoms with E-state index in [0.29, 0.717) is 22.8 Å². The van der Waals surface area contributed by atoms with Crippen LogP contribution in [0.25, 0.3) is 0 Å². The van der Waals surface area contributed by atoms with E-state index in [1.807, 2.05) is 38.1 Å². The van der Waals surface area contributed by atoms with Gasteiger partial charge in [0.05, 0.1) is 28.6 Å². The summed E-state index contributed by atoms with van der Waals surface area (Å²) < 4.78 is 30.0. The minimum atomic E-state index is -3.29. The number of hydrogen-bond donors (Lipinski definition) is 0. The summed E-state index contributed by atoms with van der Waals surface area (Å²) in [6.45, 7) is 10.5. The van der Waals surface area contributed by atoms with E-state index in [0.717, 1.165) is 50.0 Å². The molecule has 1 atom stereocenters. The number of carbonyl (C=O) groups excluding carboxylic acids is 1. The molecule has 2 rings (SSSR count). The largest absolute Gasteiger partial charge is 0.462 e. The van der Waals surface area contributed by atoms with Crippen LogP contribution in [-0.2, 0) is 19.4 Å². The number of azo groups is 1. The van der Waals surface area contributed by atoms with Crippen LogP contribution in [0.3, 0.4) is 0 Å². The first-order chi connectivity index (χ1) is 17.1. The topological polar surface area (TPSA) is 88.4 Å². The Morgan fingerprint density at radius 1 is 0.972 bits per heavy atom. The molecular weight excluding hydrogens is 474 g/mol. The summed E-state index contributed by atoms with van der Waals surface area (Å²) in [5.74, 6) is -0.0436. The van der Waals surface area contributed by atoms with Crippen LogP contribution in [0.5, 0.6) is 0 Å². The van der Waals surface area contributed by atoms with E-state index in [9.17, 15) is 13.2 Å². The monoisotopic (exact) mass is 513 g/mol. The van der Waals surface area contributed by atoms with Gasteiger partial charge >= 0.3 is 5.97 Å². The molecule has 0 spiro atoms. The molecule has 36 heavy (non-hydrogen) atoms. The average Bonchev–Trinajstić information content (AvgIpc) is 2.86. The molecule has 0 saturated carbocycles. The molecule has 0 aliphatic carbocycles. The third kappa shape index (κ3) is 9.93. The maximum atomic E-state index is 12.5. The molecule has 0 bridgehead atoms. The molecule has 0 N–H and O–H groups in total. The summed E-state index contributed by atoms with van der Waals surface area (Å²) in [4.78, 5) is 13.9. The molecule has 196 valence electrons. The van der Waals surface area contributed by atoms with Crippen molar-refractivity contribution in [2.24, 2.45) is 16.1 Å². The van der Waals surface area contributed by atoms with Crippen LogP contribution >= 0.6 is 0 Å². The highest BCUT2D eigenvalue weighted by Gasteiger charge is 2.17. The fourth-order valence-corrected chi connectivity index (χ4v) is 5.15. The van der Waals surface area contributed by atoms with Gasteiger partial charge in [-0.1, -0.05) is 33.3 Å². The van der Waals surface area contributed by atoms with Gasteiger partial charge in [-0.25, -0.2) is 13.2 Å². The van der Waals surface area contributed by atoms with Gasteiger partial charge in [0, 0.05) is 24.9 Å². The van der Waals surface area contributed by atoms with Gasteiger partial charge in [0.25, 0.3) is 0 Å². The molecule has 7 nitrogen and oxygen atoms in total. The van der Waals surface area contributed by atoms with Crippen molar-refractivity contribution in [3.05, 3.63) is 60.7 Å². The van der Waals surface area contributed by atoms with Crippen molar-refractivity contribution in [1.29, 1.82) is 0 Å². The number of ether oxygens (including phenoxy) is 1. The van der Waals surface area contributed by atoms with E-state index in [2.05, 4.69) is 28.8 Å². The van der Waals surface area contributed by atoms with Crippen LogP contribution in [-0.4, -0.2) is 40.3 Å². The zero-order valence-electron chi connectivity index (χ0n) is 21.9. The van der Waals surface area contributed by atoms with Gasteiger partial charge < -0.3 is 9.64 Å². The second-order valence-electron chi connectivity index (χ2n) is 9.26. The van der Waals surface area contributed by atoms with Crippen LogP contribution in [0.2, 0.25) is 0 Å². The van der Waals surface area contributed by atoms with Crippen molar-refractivity contribution in [3.63, 3.8) is 0 Å². The average molecular weight is 514 g/mol. The van der Waals surface area contributed by atoms with Crippen LogP contribution in [0.1, 0.15) is 52.9 Å². The predicted octanol–water partition coefficient (Wildman–Crippen LogP) is 7.04. The molecule has 0 aromatic heterocycles. The van der Waals surface area contributed by atoms with Gasteiger partial charge in [-0.05, 0) is 80.6 Å². The zero-order chi connectivity index (χ0) is 26.6. The lowest BCUT2D eigenvalue weighted by Crippen LogP contribution is -2.18. The number of rotatable bonds is 15. The number of anilines is 1. The number of benzene rings is 2. The highest BCUT2D eigenvalue weighted by molar-refractivity contribution is 7.91. The molecule has 2 aromatic carbocycles. The van der Waals surface area contributed by atoms with Gasteiger partial charge in [-0.2, -0.15) is 10.2 Å². The van der Waals surface area contributed by atoms with Gasteiger partial charge in [0.2, 0.25) is 0 Å². The first-order valence-corrected chi connectivity index (χ1v) is 14.2. The predicted molar refractivity (Wildman–Crippen MR) is 146 cm³/mol. The summed E-state index contributed by atoms with van der Waals surface area (Å²) >= 11 is 0. The zero-order valence-corrected chi connectivity index (χ0v) is 22.8. The van der Waals surface area contributed by atoms with Gasteiger partial charge in [0.15, 0.2) is 9.84 Å². The van der Waals surface area contributed by atoms with Crippen molar-refractivity contribution >= 4 is 32.9 Å². The summed E-state index contributed by atoms with van der Waals surface area (Å²) in [6.07, 6.45) is 4.82. The summed E-state index contributed by atoms with van der Waals surface area (Å²) in [7, 11) is -1.23. The van der Waals surface area contributed by atoms with E-state index < -0.39 is 9.84 Å². The Hall–Kier alpha value is -3.00. The lowest BCUT2D eigenvalue weighted by atomic mass is 10.2. The third-order valence-corrected chi connectivity index (χ3v) is 7.94. The van der Waals surface area contributed by atoms with E-state index in [1.165, 1.54) is 0 Å².